The average Bonchev–Trinajstić information content (AvgIpc) is 2.62. The molecule has 0 aliphatic rings. The number of alkyl halides is 3. The van der Waals surface area contributed by atoms with E-state index in [1.54, 1.807) is 13.0 Å². The molecule has 5 nitrogen and oxygen atoms in total. The van der Waals surface area contributed by atoms with E-state index in [2.05, 4.69) is 15.1 Å². The van der Waals surface area contributed by atoms with Crippen LogP contribution in [0.5, 0.6) is 0 Å². The highest BCUT2D eigenvalue weighted by molar-refractivity contribution is 5.37. The molecule has 0 spiro atoms. The first-order valence-electron chi connectivity index (χ1n) is 4.60. The first-order valence-corrected chi connectivity index (χ1v) is 4.60. The van der Waals surface area contributed by atoms with E-state index in [1.807, 2.05) is 0 Å². The molecule has 0 atom stereocenters. The lowest BCUT2D eigenvalue weighted by molar-refractivity contribution is -0.144. The van der Waals surface area contributed by atoms with E-state index in [0.29, 0.717) is 5.69 Å². The van der Waals surface area contributed by atoms with Gasteiger partial charge in [-0.25, -0.2) is 14.6 Å². The van der Waals surface area contributed by atoms with Gasteiger partial charge in [0.25, 0.3) is 0 Å². The highest BCUT2D eigenvalue weighted by Gasteiger charge is 2.35. The zero-order valence-corrected chi connectivity index (χ0v) is 8.73. The predicted molar refractivity (Wildman–Crippen MR) is 53.3 cm³/mol. The third kappa shape index (κ3) is 2.35. The number of hydrogen-bond donors (Lipinski definition) is 1. The Morgan fingerprint density at radius 2 is 2.00 bits per heavy atom. The van der Waals surface area contributed by atoms with Crippen molar-refractivity contribution in [2.75, 3.05) is 5.73 Å². The molecule has 0 radical (unpaired) electrons. The highest BCUT2D eigenvalue weighted by atomic mass is 19.4. The van der Waals surface area contributed by atoms with E-state index >= 15 is 0 Å². The highest BCUT2D eigenvalue weighted by Crippen LogP contribution is 2.27. The van der Waals surface area contributed by atoms with Crippen LogP contribution < -0.4 is 5.73 Å². The summed E-state index contributed by atoms with van der Waals surface area (Å²) in [6, 6.07) is 2.87. The minimum Gasteiger partial charge on any atom is -0.384 e. The largest absolute Gasteiger partial charge is 0.451 e. The summed E-state index contributed by atoms with van der Waals surface area (Å²) in [5, 5.41) is 3.95. The molecule has 0 saturated heterocycles. The van der Waals surface area contributed by atoms with Gasteiger partial charge in [-0.3, -0.25) is 0 Å². The van der Waals surface area contributed by atoms with Crippen LogP contribution >= 0.6 is 0 Å². The molecule has 0 saturated carbocycles. The van der Waals surface area contributed by atoms with Crippen molar-refractivity contribution in [1.29, 1.82) is 0 Å². The van der Waals surface area contributed by atoms with Gasteiger partial charge in [-0.1, -0.05) is 0 Å². The van der Waals surface area contributed by atoms with Crippen molar-refractivity contribution < 1.29 is 13.2 Å². The summed E-state index contributed by atoms with van der Waals surface area (Å²) < 4.78 is 38.6. The summed E-state index contributed by atoms with van der Waals surface area (Å²) in [5.41, 5.74) is 5.97. The Morgan fingerprint density at radius 1 is 1.29 bits per heavy atom. The lowest BCUT2D eigenvalue weighted by Crippen LogP contribution is -2.15. The Kier molecular flexibility index (Phi) is 2.49. The summed E-state index contributed by atoms with van der Waals surface area (Å²) in [7, 11) is 0. The normalized spacial score (nSPS) is 11.8. The molecule has 2 aromatic heterocycles. The second kappa shape index (κ2) is 3.72. The summed E-state index contributed by atoms with van der Waals surface area (Å²) >= 11 is 0. The smallest absolute Gasteiger partial charge is 0.384 e. The molecule has 0 aliphatic heterocycles. The Balaban J connectivity index is 2.52. The van der Waals surface area contributed by atoms with Crippen molar-refractivity contribution in [2.24, 2.45) is 0 Å². The van der Waals surface area contributed by atoms with Crippen molar-refractivity contribution in [3.63, 3.8) is 0 Å². The van der Waals surface area contributed by atoms with Crippen molar-refractivity contribution in [3.8, 4) is 5.82 Å². The topological polar surface area (TPSA) is 69.6 Å². The van der Waals surface area contributed by atoms with E-state index < -0.39 is 12.0 Å². The van der Waals surface area contributed by atoms with Crippen molar-refractivity contribution in [2.45, 2.75) is 13.1 Å². The first-order chi connectivity index (χ1) is 7.86. The molecule has 2 N–H and O–H groups in total. The molecular weight excluding hydrogens is 235 g/mol. The van der Waals surface area contributed by atoms with Gasteiger partial charge in [-0.2, -0.15) is 18.3 Å². The number of aryl methyl sites for hydroxylation is 1. The van der Waals surface area contributed by atoms with Gasteiger partial charge < -0.3 is 5.73 Å². The molecule has 8 heteroatoms. The van der Waals surface area contributed by atoms with Crippen molar-refractivity contribution in [3.05, 3.63) is 29.8 Å². The fraction of sp³-hybridized carbons (Fsp3) is 0.222. The minimum absolute atomic E-state index is 0.0158. The van der Waals surface area contributed by atoms with Crippen LogP contribution in [0.4, 0.5) is 19.0 Å². The number of nitrogens with two attached hydrogens (primary N) is 1. The molecule has 0 unspecified atom stereocenters. The quantitative estimate of drug-likeness (QED) is 0.825. The van der Waals surface area contributed by atoms with Crippen LogP contribution in [0.1, 0.15) is 11.5 Å². The third-order valence-electron chi connectivity index (χ3n) is 1.94. The van der Waals surface area contributed by atoms with E-state index in [-0.39, 0.29) is 11.6 Å². The summed E-state index contributed by atoms with van der Waals surface area (Å²) in [4.78, 5) is 6.51. The van der Waals surface area contributed by atoms with E-state index in [9.17, 15) is 13.2 Å². The molecule has 0 amide bonds. The standard InChI is InChI=1S/C9H8F3N5/c1-5-2-3-17(16-5)7-4-6(13)14-8(15-7)9(10,11)12/h2-4H,1H3,(H2,13,14,15). The lowest BCUT2D eigenvalue weighted by Gasteiger charge is -2.08. The number of nitrogen functional groups attached to an aromatic ring is 1. The van der Waals surface area contributed by atoms with Crippen molar-refractivity contribution >= 4 is 5.82 Å². The molecular formula is C9H8F3N5. The van der Waals surface area contributed by atoms with Crippen LogP contribution in [0.3, 0.4) is 0 Å². The Hall–Kier alpha value is -2.12. The van der Waals surface area contributed by atoms with Crippen LogP contribution in [0, 0.1) is 6.92 Å². The van der Waals surface area contributed by atoms with E-state index in [1.165, 1.54) is 16.9 Å². The molecule has 17 heavy (non-hydrogen) atoms. The fourth-order valence-corrected chi connectivity index (χ4v) is 1.24. The van der Waals surface area contributed by atoms with Gasteiger partial charge in [-0.05, 0) is 13.0 Å². The maximum atomic E-state index is 12.5. The van der Waals surface area contributed by atoms with E-state index in [0.717, 1.165) is 0 Å². The average molecular weight is 243 g/mol. The van der Waals surface area contributed by atoms with Gasteiger partial charge in [0, 0.05) is 12.3 Å². The zero-order chi connectivity index (χ0) is 12.6. The molecule has 2 rings (SSSR count). The van der Waals surface area contributed by atoms with E-state index in [4.69, 9.17) is 5.73 Å². The number of anilines is 1. The number of rotatable bonds is 1. The van der Waals surface area contributed by atoms with Crippen molar-refractivity contribution in [1.82, 2.24) is 19.7 Å². The monoisotopic (exact) mass is 243 g/mol. The molecule has 90 valence electrons. The van der Waals surface area contributed by atoms with Gasteiger partial charge in [0.1, 0.15) is 5.82 Å². The molecule has 0 fully saturated rings. The van der Waals surface area contributed by atoms with Gasteiger partial charge in [0.2, 0.25) is 5.82 Å². The SMILES string of the molecule is Cc1ccn(-c2cc(N)nc(C(F)(F)F)n2)n1. The summed E-state index contributed by atoms with van der Waals surface area (Å²) in [6.45, 7) is 1.71. The minimum atomic E-state index is -4.63. The number of aromatic nitrogens is 4. The fourth-order valence-electron chi connectivity index (χ4n) is 1.24. The predicted octanol–water partition coefficient (Wildman–Crippen LogP) is 1.57. The van der Waals surface area contributed by atoms with Gasteiger partial charge >= 0.3 is 6.18 Å². The third-order valence-corrected chi connectivity index (χ3v) is 1.94. The number of hydrogen-bond acceptors (Lipinski definition) is 4. The Morgan fingerprint density at radius 3 is 2.53 bits per heavy atom. The molecule has 0 aliphatic carbocycles. The van der Waals surface area contributed by atoms with Gasteiger partial charge in [-0.15, -0.1) is 0 Å². The first kappa shape index (κ1) is 11.4. The second-order valence-corrected chi connectivity index (χ2v) is 3.37. The van der Waals surface area contributed by atoms with Crippen LogP contribution in [0.15, 0.2) is 18.3 Å². The molecule has 0 bridgehead atoms. The zero-order valence-electron chi connectivity index (χ0n) is 8.73. The Labute approximate surface area is 94.1 Å². The maximum absolute atomic E-state index is 12.5. The molecule has 2 heterocycles. The summed E-state index contributed by atoms with van der Waals surface area (Å²) in [6.07, 6.45) is -3.14. The summed E-state index contributed by atoms with van der Waals surface area (Å²) in [5.74, 6) is -1.55. The van der Waals surface area contributed by atoms with Crippen LogP contribution in [-0.4, -0.2) is 19.7 Å². The molecule has 2 aromatic rings. The lowest BCUT2D eigenvalue weighted by atomic mass is 10.4. The van der Waals surface area contributed by atoms with Gasteiger partial charge in [0.15, 0.2) is 5.82 Å². The second-order valence-electron chi connectivity index (χ2n) is 3.37. The van der Waals surface area contributed by atoms with Gasteiger partial charge in [0.05, 0.1) is 5.69 Å². The van der Waals surface area contributed by atoms with Crippen LogP contribution in [-0.2, 0) is 6.18 Å². The Bertz CT molecular complexity index is 546. The molecule has 0 aromatic carbocycles. The number of nitrogens with zero attached hydrogens (tertiary/aromatic N) is 4. The van der Waals surface area contributed by atoms with Crippen LogP contribution in [0.25, 0.3) is 5.82 Å². The maximum Gasteiger partial charge on any atom is 0.451 e. The van der Waals surface area contributed by atoms with Crippen LogP contribution in [0.2, 0.25) is 0 Å². The number of halogens is 3.